The molecule has 0 heterocycles. The van der Waals surface area contributed by atoms with E-state index in [9.17, 15) is 0 Å². The fourth-order valence-corrected chi connectivity index (χ4v) is 2.08. The molecule has 0 aliphatic rings. The maximum atomic E-state index is 9.01. The molecule has 4 nitrogen and oxygen atoms in total. The maximum absolute atomic E-state index is 9.01. The Kier molecular flexibility index (Phi) is 14.8. The van der Waals surface area contributed by atoms with Crippen LogP contribution in [0.5, 0.6) is 0 Å². The van der Waals surface area contributed by atoms with Crippen LogP contribution in [0.15, 0.2) is 0 Å². The van der Waals surface area contributed by atoms with Crippen molar-refractivity contribution >= 4 is 0 Å². The van der Waals surface area contributed by atoms with Crippen molar-refractivity contribution in [2.24, 2.45) is 0 Å². The van der Waals surface area contributed by atoms with E-state index >= 15 is 0 Å². The molecule has 0 saturated heterocycles. The molecule has 0 saturated carbocycles. The van der Waals surface area contributed by atoms with Crippen molar-refractivity contribution in [3.05, 3.63) is 0 Å². The zero-order valence-electron chi connectivity index (χ0n) is 11.7. The minimum atomic E-state index is 0.229. The van der Waals surface area contributed by atoms with Crippen LogP contribution in [-0.4, -0.2) is 59.7 Å². The highest BCUT2D eigenvalue weighted by molar-refractivity contribution is 4.58. The second-order valence-corrected chi connectivity index (χ2v) is 4.84. The van der Waals surface area contributed by atoms with Crippen LogP contribution in [0.1, 0.15) is 51.4 Å². The van der Waals surface area contributed by atoms with Gasteiger partial charge in [0.1, 0.15) is 0 Å². The molecule has 0 aliphatic carbocycles. The highest BCUT2D eigenvalue weighted by Gasteiger charge is 2.03. The molecule has 0 spiro atoms. The first-order valence-electron chi connectivity index (χ1n) is 7.40. The Morgan fingerprint density at radius 2 is 0.889 bits per heavy atom. The molecule has 18 heavy (non-hydrogen) atoms. The van der Waals surface area contributed by atoms with Crippen molar-refractivity contribution in [1.82, 2.24) is 4.90 Å². The smallest absolute Gasteiger partial charge is 0.0558 e. The number of aliphatic hydroxyl groups is 3. The zero-order chi connectivity index (χ0) is 13.5. The summed E-state index contributed by atoms with van der Waals surface area (Å²) in [7, 11) is 0. The van der Waals surface area contributed by atoms with Gasteiger partial charge in [0, 0.05) is 19.8 Å². The Morgan fingerprint density at radius 1 is 0.444 bits per heavy atom. The largest absolute Gasteiger partial charge is 0.396 e. The van der Waals surface area contributed by atoms with Crippen LogP contribution in [0.4, 0.5) is 0 Å². The number of hydrogen-bond donors (Lipinski definition) is 3. The van der Waals surface area contributed by atoms with Gasteiger partial charge in [0.15, 0.2) is 0 Å². The van der Waals surface area contributed by atoms with E-state index in [1.165, 1.54) is 0 Å². The molecule has 0 aromatic heterocycles. The van der Waals surface area contributed by atoms with Crippen molar-refractivity contribution in [2.75, 3.05) is 39.5 Å². The lowest BCUT2D eigenvalue weighted by Crippen LogP contribution is -2.29. The first kappa shape index (κ1) is 17.8. The Balaban J connectivity index is 3.45. The molecule has 0 bridgehead atoms. The molecule has 3 N–H and O–H groups in total. The van der Waals surface area contributed by atoms with Crippen molar-refractivity contribution < 1.29 is 15.3 Å². The van der Waals surface area contributed by atoms with Gasteiger partial charge in [0.25, 0.3) is 0 Å². The van der Waals surface area contributed by atoms with Gasteiger partial charge in [-0.05, 0) is 38.8 Å². The Bertz CT molecular complexity index is 142. The van der Waals surface area contributed by atoms with E-state index in [2.05, 4.69) is 4.90 Å². The number of aliphatic hydroxyl groups excluding tert-OH is 3. The summed E-state index contributed by atoms with van der Waals surface area (Å²) < 4.78 is 0. The summed E-state index contributed by atoms with van der Waals surface area (Å²) in [6.45, 7) is 3.68. The molecular weight excluding hydrogens is 230 g/mol. The third kappa shape index (κ3) is 12.3. The van der Waals surface area contributed by atoms with Gasteiger partial charge >= 0.3 is 0 Å². The van der Waals surface area contributed by atoms with E-state index < -0.39 is 0 Å². The van der Waals surface area contributed by atoms with Crippen LogP contribution in [0, 0.1) is 0 Å². The van der Waals surface area contributed by atoms with E-state index in [-0.39, 0.29) is 6.61 Å². The first-order chi connectivity index (χ1) is 8.85. The molecule has 0 rings (SSSR count). The van der Waals surface area contributed by atoms with Crippen molar-refractivity contribution in [3.63, 3.8) is 0 Å². The maximum Gasteiger partial charge on any atom is 0.0558 e. The number of rotatable bonds is 14. The third-order valence-corrected chi connectivity index (χ3v) is 3.18. The fourth-order valence-electron chi connectivity index (χ4n) is 2.08. The molecular formula is C14H31NO3. The standard InChI is InChI=1S/C14H31NO3/c16-12-7-3-1-5-9-15(11-14-18)10-6-2-4-8-13-17/h16-18H,1-14H2. The predicted molar refractivity (Wildman–Crippen MR) is 74.6 cm³/mol. The normalized spacial score (nSPS) is 11.3. The second-order valence-electron chi connectivity index (χ2n) is 4.84. The summed E-state index contributed by atoms with van der Waals surface area (Å²) in [5.41, 5.74) is 0. The van der Waals surface area contributed by atoms with Gasteiger partial charge < -0.3 is 20.2 Å². The summed E-state index contributed by atoms with van der Waals surface area (Å²) in [5, 5.41) is 26.4. The summed E-state index contributed by atoms with van der Waals surface area (Å²) in [4.78, 5) is 2.32. The topological polar surface area (TPSA) is 63.9 Å². The van der Waals surface area contributed by atoms with Crippen molar-refractivity contribution in [2.45, 2.75) is 51.4 Å². The lowest BCUT2D eigenvalue weighted by atomic mass is 10.1. The van der Waals surface area contributed by atoms with Crippen LogP contribution in [0.25, 0.3) is 0 Å². The van der Waals surface area contributed by atoms with Crippen LogP contribution < -0.4 is 0 Å². The van der Waals surface area contributed by atoms with Crippen LogP contribution >= 0.6 is 0 Å². The predicted octanol–water partition coefficient (Wildman–Crippen LogP) is 1.39. The highest BCUT2D eigenvalue weighted by atomic mass is 16.3. The van der Waals surface area contributed by atoms with E-state index in [4.69, 9.17) is 15.3 Å². The third-order valence-electron chi connectivity index (χ3n) is 3.18. The van der Waals surface area contributed by atoms with Gasteiger partial charge in [-0.2, -0.15) is 0 Å². The van der Waals surface area contributed by atoms with Gasteiger partial charge in [-0.3, -0.25) is 0 Å². The monoisotopic (exact) mass is 261 g/mol. The summed E-state index contributed by atoms with van der Waals surface area (Å²) in [6, 6.07) is 0. The minimum Gasteiger partial charge on any atom is -0.396 e. The van der Waals surface area contributed by atoms with E-state index in [1.807, 2.05) is 0 Å². The highest BCUT2D eigenvalue weighted by Crippen LogP contribution is 2.05. The number of unbranched alkanes of at least 4 members (excludes halogenated alkanes) is 6. The minimum absolute atomic E-state index is 0.229. The fraction of sp³-hybridized carbons (Fsp3) is 1.00. The second kappa shape index (κ2) is 14.9. The zero-order valence-corrected chi connectivity index (χ0v) is 11.7. The number of nitrogens with zero attached hydrogens (tertiary/aromatic N) is 1. The van der Waals surface area contributed by atoms with Gasteiger partial charge in [-0.1, -0.05) is 25.7 Å². The van der Waals surface area contributed by atoms with Crippen LogP contribution in [0.2, 0.25) is 0 Å². The average Bonchev–Trinajstić information content (AvgIpc) is 2.38. The molecule has 4 heteroatoms. The SMILES string of the molecule is OCCCCCCN(CCO)CCCCCCO. The molecule has 0 fully saturated rings. The average molecular weight is 261 g/mol. The van der Waals surface area contributed by atoms with Crippen molar-refractivity contribution in [3.8, 4) is 0 Å². The summed E-state index contributed by atoms with van der Waals surface area (Å²) in [6.07, 6.45) is 8.62. The lowest BCUT2D eigenvalue weighted by Gasteiger charge is -2.21. The summed E-state index contributed by atoms with van der Waals surface area (Å²) in [5.74, 6) is 0. The van der Waals surface area contributed by atoms with E-state index in [0.717, 1.165) is 71.0 Å². The van der Waals surface area contributed by atoms with Gasteiger partial charge in [0.2, 0.25) is 0 Å². The Morgan fingerprint density at radius 3 is 1.28 bits per heavy atom. The Labute approximate surface area is 112 Å². The van der Waals surface area contributed by atoms with E-state index in [0.29, 0.717) is 13.2 Å². The van der Waals surface area contributed by atoms with Crippen molar-refractivity contribution in [1.29, 1.82) is 0 Å². The van der Waals surface area contributed by atoms with Crippen LogP contribution in [0.3, 0.4) is 0 Å². The van der Waals surface area contributed by atoms with E-state index in [1.54, 1.807) is 0 Å². The van der Waals surface area contributed by atoms with Gasteiger partial charge in [-0.15, -0.1) is 0 Å². The molecule has 0 unspecified atom stereocenters. The van der Waals surface area contributed by atoms with Gasteiger partial charge in [0.05, 0.1) is 6.61 Å². The first-order valence-corrected chi connectivity index (χ1v) is 7.40. The molecule has 0 atom stereocenters. The molecule has 0 aromatic carbocycles. The molecule has 0 aliphatic heterocycles. The van der Waals surface area contributed by atoms with Crippen LogP contribution in [-0.2, 0) is 0 Å². The molecule has 0 radical (unpaired) electrons. The van der Waals surface area contributed by atoms with Gasteiger partial charge in [-0.25, -0.2) is 0 Å². The Hall–Kier alpha value is -0.160. The number of hydrogen-bond acceptors (Lipinski definition) is 4. The molecule has 110 valence electrons. The quantitative estimate of drug-likeness (QED) is 0.413. The molecule has 0 aromatic rings. The summed E-state index contributed by atoms with van der Waals surface area (Å²) >= 11 is 0. The lowest BCUT2D eigenvalue weighted by molar-refractivity contribution is 0.189. The molecule has 0 amide bonds.